The summed E-state index contributed by atoms with van der Waals surface area (Å²) < 4.78 is 10.3. The molecule has 0 aliphatic heterocycles. The van der Waals surface area contributed by atoms with Gasteiger partial charge in [0.15, 0.2) is 5.96 Å². The average molecular weight is 407 g/mol. The van der Waals surface area contributed by atoms with Gasteiger partial charge < -0.3 is 20.1 Å². The zero-order valence-corrected chi connectivity index (χ0v) is 15.7. The molecule has 1 rings (SSSR count). The number of rotatable bonds is 6. The Kier molecular flexibility index (Phi) is 10.2. The summed E-state index contributed by atoms with van der Waals surface area (Å²) in [6.45, 7) is 5.44. The molecule has 0 aromatic heterocycles. The van der Waals surface area contributed by atoms with Crippen molar-refractivity contribution in [2.75, 3.05) is 27.9 Å². The number of methoxy groups -OCH3 is 2. The van der Waals surface area contributed by atoms with E-state index in [1.165, 1.54) is 5.56 Å². The fraction of sp³-hybridized carbons (Fsp3) is 0.533. The highest BCUT2D eigenvalue weighted by molar-refractivity contribution is 14.0. The van der Waals surface area contributed by atoms with Crippen LogP contribution < -0.4 is 15.4 Å². The summed E-state index contributed by atoms with van der Waals surface area (Å²) in [5.74, 6) is 1.67. The number of nitrogens with one attached hydrogen (secondary N) is 2. The maximum Gasteiger partial charge on any atom is 0.191 e. The molecule has 120 valence electrons. The van der Waals surface area contributed by atoms with E-state index in [0.717, 1.165) is 17.3 Å². The van der Waals surface area contributed by atoms with Gasteiger partial charge in [-0.25, -0.2) is 0 Å². The Morgan fingerprint density at radius 1 is 1.33 bits per heavy atom. The lowest BCUT2D eigenvalue weighted by Gasteiger charge is -2.17. The molecule has 0 heterocycles. The average Bonchev–Trinajstić information content (AvgIpc) is 2.43. The molecule has 0 radical (unpaired) electrons. The molecule has 0 amide bonds. The number of guanidine groups is 1. The molecule has 5 nitrogen and oxygen atoms in total. The van der Waals surface area contributed by atoms with Crippen LogP contribution >= 0.6 is 24.0 Å². The van der Waals surface area contributed by atoms with Crippen LogP contribution in [-0.4, -0.2) is 39.9 Å². The first-order valence-electron chi connectivity index (χ1n) is 6.70. The van der Waals surface area contributed by atoms with E-state index in [-0.39, 0.29) is 30.0 Å². The predicted molar refractivity (Wildman–Crippen MR) is 97.8 cm³/mol. The number of ether oxygens (including phenoxy) is 2. The van der Waals surface area contributed by atoms with Gasteiger partial charge in [0.2, 0.25) is 0 Å². The molecule has 0 fully saturated rings. The molecule has 0 saturated carbocycles. The molecule has 1 aromatic rings. The molecule has 1 aromatic carbocycles. The van der Waals surface area contributed by atoms with Gasteiger partial charge in [0, 0.05) is 26.7 Å². The molecule has 1 atom stereocenters. The first-order chi connectivity index (χ1) is 9.60. The van der Waals surface area contributed by atoms with E-state index in [1.807, 2.05) is 26.0 Å². The van der Waals surface area contributed by atoms with Crippen LogP contribution in [0.25, 0.3) is 0 Å². The van der Waals surface area contributed by atoms with Crippen molar-refractivity contribution in [3.63, 3.8) is 0 Å². The molecule has 1 unspecified atom stereocenters. The molecular weight excluding hydrogens is 381 g/mol. The Balaban J connectivity index is 0.00000400. The van der Waals surface area contributed by atoms with Gasteiger partial charge in [-0.15, -0.1) is 24.0 Å². The van der Waals surface area contributed by atoms with E-state index in [2.05, 4.69) is 21.7 Å². The normalized spacial score (nSPS) is 12.3. The number of aryl methyl sites for hydroxylation is 1. The maximum atomic E-state index is 5.26. The molecule has 21 heavy (non-hydrogen) atoms. The molecule has 6 heteroatoms. The van der Waals surface area contributed by atoms with Crippen LogP contribution in [0, 0.1) is 6.92 Å². The fourth-order valence-electron chi connectivity index (χ4n) is 1.96. The van der Waals surface area contributed by atoms with E-state index >= 15 is 0 Å². The Hall–Kier alpha value is -1.02. The second-order valence-electron chi connectivity index (χ2n) is 4.73. The van der Waals surface area contributed by atoms with Crippen molar-refractivity contribution in [1.29, 1.82) is 0 Å². The Morgan fingerprint density at radius 3 is 2.57 bits per heavy atom. The van der Waals surface area contributed by atoms with E-state index < -0.39 is 0 Å². The standard InChI is InChI=1S/C15H25N3O2.HI/c1-11-8-13(6-7-14(11)20-5)9-17-15(16-3)18-12(2)10-19-4;/h6-8,12H,9-10H2,1-5H3,(H2,16,17,18);1H. The third-order valence-electron chi connectivity index (χ3n) is 2.94. The first-order valence-corrected chi connectivity index (χ1v) is 6.70. The Bertz CT molecular complexity index is 453. The first kappa shape index (κ1) is 20.0. The van der Waals surface area contributed by atoms with Gasteiger partial charge >= 0.3 is 0 Å². The predicted octanol–water partition coefficient (Wildman–Crippen LogP) is 2.32. The fourth-order valence-corrected chi connectivity index (χ4v) is 1.96. The van der Waals surface area contributed by atoms with Gasteiger partial charge in [0.25, 0.3) is 0 Å². The Labute approximate surface area is 144 Å². The van der Waals surface area contributed by atoms with Crippen LogP contribution in [-0.2, 0) is 11.3 Å². The van der Waals surface area contributed by atoms with Gasteiger partial charge in [-0.2, -0.15) is 0 Å². The van der Waals surface area contributed by atoms with E-state index in [1.54, 1.807) is 21.3 Å². The summed E-state index contributed by atoms with van der Waals surface area (Å²) in [5, 5.41) is 6.55. The molecular formula is C15H26IN3O2. The summed E-state index contributed by atoms with van der Waals surface area (Å²) in [5.41, 5.74) is 2.31. The van der Waals surface area contributed by atoms with Crippen LogP contribution in [0.5, 0.6) is 5.75 Å². The maximum absolute atomic E-state index is 5.26. The second kappa shape index (κ2) is 10.7. The number of halogens is 1. The minimum absolute atomic E-state index is 0. The minimum atomic E-state index is 0. The van der Waals surface area contributed by atoms with E-state index in [4.69, 9.17) is 9.47 Å². The van der Waals surface area contributed by atoms with Crippen molar-refractivity contribution in [2.45, 2.75) is 26.4 Å². The molecule has 0 saturated heterocycles. The van der Waals surface area contributed by atoms with E-state index in [0.29, 0.717) is 13.2 Å². The van der Waals surface area contributed by atoms with Crippen LogP contribution in [0.4, 0.5) is 0 Å². The summed E-state index contributed by atoms with van der Waals surface area (Å²) >= 11 is 0. The molecule has 2 N–H and O–H groups in total. The largest absolute Gasteiger partial charge is 0.496 e. The Morgan fingerprint density at radius 2 is 2.05 bits per heavy atom. The number of hydrogen-bond donors (Lipinski definition) is 2. The van der Waals surface area contributed by atoms with Crippen LogP contribution in [0.1, 0.15) is 18.1 Å². The van der Waals surface area contributed by atoms with Crippen molar-refractivity contribution in [1.82, 2.24) is 10.6 Å². The van der Waals surface area contributed by atoms with Crippen molar-refractivity contribution in [2.24, 2.45) is 4.99 Å². The second-order valence-corrected chi connectivity index (χ2v) is 4.73. The van der Waals surface area contributed by atoms with E-state index in [9.17, 15) is 0 Å². The quantitative estimate of drug-likeness (QED) is 0.432. The number of nitrogens with zero attached hydrogens (tertiary/aromatic N) is 1. The van der Waals surface area contributed by atoms with Crippen LogP contribution in [0.15, 0.2) is 23.2 Å². The summed E-state index contributed by atoms with van der Waals surface area (Å²) in [4.78, 5) is 4.20. The minimum Gasteiger partial charge on any atom is -0.496 e. The lowest BCUT2D eigenvalue weighted by atomic mass is 10.1. The van der Waals surface area contributed by atoms with Gasteiger partial charge in [-0.05, 0) is 31.0 Å². The third-order valence-corrected chi connectivity index (χ3v) is 2.94. The van der Waals surface area contributed by atoms with Crippen LogP contribution in [0.3, 0.4) is 0 Å². The highest BCUT2D eigenvalue weighted by Crippen LogP contribution is 2.18. The highest BCUT2D eigenvalue weighted by atomic mass is 127. The number of hydrogen-bond acceptors (Lipinski definition) is 3. The molecule has 0 bridgehead atoms. The number of benzene rings is 1. The number of aliphatic imine (C=N–C) groups is 1. The SMILES string of the molecule is CN=C(NCc1ccc(OC)c(C)c1)NC(C)COC.I. The molecule has 0 aliphatic rings. The topological polar surface area (TPSA) is 54.9 Å². The highest BCUT2D eigenvalue weighted by Gasteiger charge is 2.05. The lowest BCUT2D eigenvalue weighted by molar-refractivity contribution is 0.179. The zero-order chi connectivity index (χ0) is 15.0. The molecule has 0 spiro atoms. The van der Waals surface area contributed by atoms with Crippen molar-refractivity contribution in [3.05, 3.63) is 29.3 Å². The van der Waals surface area contributed by atoms with Crippen molar-refractivity contribution < 1.29 is 9.47 Å². The van der Waals surface area contributed by atoms with Gasteiger partial charge in [-0.3, -0.25) is 4.99 Å². The molecule has 0 aliphatic carbocycles. The van der Waals surface area contributed by atoms with Crippen molar-refractivity contribution in [3.8, 4) is 5.75 Å². The summed E-state index contributed by atoms with van der Waals surface area (Å²) in [6.07, 6.45) is 0. The zero-order valence-electron chi connectivity index (χ0n) is 13.4. The van der Waals surface area contributed by atoms with Gasteiger partial charge in [0.05, 0.1) is 13.7 Å². The third kappa shape index (κ3) is 6.99. The smallest absolute Gasteiger partial charge is 0.191 e. The summed E-state index contributed by atoms with van der Waals surface area (Å²) in [7, 11) is 5.13. The monoisotopic (exact) mass is 407 g/mol. The van der Waals surface area contributed by atoms with Crippen LogP contribution in [0.2, 0.25) is 0 Å². The summed E-state index contributed by atoms with van der Waals surface area (Å²) in [6, 6.07) is 6.35. The lowest BCUT2D eigenvalue weighted by Crippen LogP contribution is -2.43. The van der Waals surface area contributed by atoms with Crippen molar-refractivity contribution >= 4 is 29.9 Å². The van der Waals surface area contributed by atoms with Gasteiger partial charge in [0.1, 0.15) is 5.75 Å². The van der Waals surface area contributed by atoms with Gasteiger partial charge in [-0.1, -0.05) is 12.1 Å².